The average molecular weight is 422 g/mol. The maximum absolute atomic E-state index is 12.6. The topological polar surface area (TPSA) is 94.5 Å². The molecule has 8 nitrogen and oxygen atoms in total. The van der Waals surface area contributed by atoms with E-state index in [0.29, 0.717) is 36.6 Å². The summed E-state index contributed by atoms with van der Waals surface area (Å²) in [4.78, 5) is 29.4. The van der Waals surface area contributed by atoms with Crippen LogP contribution >= 0.6 is 0 Å². The van der Waals surface area contributed by atoms with Crippen LogP contribution in [0.25, 0.3) is 11.0 Å². The minimum absolute atomic E-state index is 0.0578. The fourth-order valence-corrected chi connectivity index (χ4v) is 3.78. The number of carbonyl (C=O) groups excluding carboxylic acids is 2. The zero-order chi connectivity index (χ0) is 21.8. The Kier molecular flexibility index (Phi) is 6.18. The third-order valence-electron chi connectivity index (χ3n) is 5.45. The van der Waals surface area contributed by atoms with Crippen molar-refractivity contribution in [2.75, 3.05) is 25.6 Å². The molecule has 0 bridgehead atoms. The number of imidazole rings is 1. The van der Waals surface area contributed by atoms with E-state index in [1.165, 1.54) is 7.11 Å². The maximum atomic E-state index is 12.6. The quantitative estimate of drug-likeness (QED) is 0.611. The molecule has 162 valence electrons. The van der Waals surface area contributed by atoms with Gasteiger partial charge in [0.05, 0.1) is 23.7 Å². The molecule has 1 aromatic heterocycles. The van der Waals surface area contributed by atoms with Gasteiger partial charge >= 0.3 is 0 Å². The summed E-state index contributed by atoms with van der Waals surface area (Å²) in [7, 11) is 3.48. The van der Waals surface area contributed by atoms with E-state index < -0.39 is 0 Å². The number of para-hydroxylation sites is 1. The lowest BCUT2D eigenvalue weighted by molar-refractivity contribution is -0.130. The summed E-state index contributed by atoms with van der Waals surface area (Å²) in [5, 5.41) is 5.83. The largest absolute Gasteiger partial charge is 0.496 e. The van der Waals surface area contributed by atoms with E-state index in [-0.39, 0.29) is 17.9 Å². The smallest absolute Gasteiger partial charge is 0.259 e. The Morgan fingerprint density at radius 2 is 2.10 bits per heavy atom. The summed E-state index contributed by atoms with van der Waals surface area (Å²) < 4.78 is 12.7. The highest BCUT2D eigenvalue weighted by molar-refractivity contribution is 6.06. The van der Waals surface area contributed by atoms with Crippen LogP contribution in [0, 0.1) is 0 Å². The Balaban J connectivity index is 1.43. The normalized spacial score (nSPS) is 15.7. The molecule has 1 aliphatic heterocycles. The minimum Gasteiger partial charge on any atom is -0.496 e. The highest BCUT2D eigenvalue weighted by atomic mass is 16.5. The van der Waals surface area contributed by atoms with Crippen LogP contribution in [-0.2, 0) is 23.0 Å². The van der Waals surface area contributed by atoms with Gasteiger partial charge in [0.25, 0.3) is 5.91 Å². The van der Waals surface area contributed by atoms with Crippen molar-refractivity contribution in [2.24, 2.45) is 7.05 Å². The lowest BCUT2D eigenvalue weighted by atomic mass is 10.2. The molecule has 8 heteroatoms. The highest BCUT2D eigenvalue weighted by Crippen LogP contribution is 2.23. The van der Waals surface area contributed by atoms with Crippen LogP contribution < -0.4 is 15.4 Å². The van der Waals surface area contributed by atoms with Gasteiger partial charge in [0.2, 0.25) is 5.91 Å². The van der Waals surface area contributed by atoms with E-state index in [9.17, 15) is 9.59 Å². The van der Waals surface area contributed by atoms with Crippen LogP contribution in [0.1, 0.15) is 29.0 Å². The first kappa shape index (κ1) is 20.9. The van der Waals surface area contributed by atoms with E-state index >= 15 is 0 Å². The molecule has 3 aromatic rings. The molecule has 2 amide bonds. The van der Waals surface area contributed by atoms with Crippen LogP contribution in [0.3, 0.4) is 0 Å². The summed E-state index contributed by atoms with van der Waals surface area (Å²) >= 11 is 0. The van der Waals surface area contributed by atoms with Gasteiger partial charge in [-0.2, -0.15) is 0 Å². The highest BCUT2D eigenvalue weighted by Gasteiger charge is 2.23. The Bertz CT molecular complexity index is 1100. The summed E-state index contributed by atoms with van der Waals surface area (Å²) in [6, 6.07) is 12.7. The molecule has 1 atom stereocenters. The van der Waals surface area contributed by atoms with Gasteiger partial charge in [-0.05, 0) is 43.2 Å². The van der Waals surface area contributed by atoms with E-state index in [1.807, 2.05) is 35.9 Å². The molecule has 0 saturated carbocycles. The van der Waals surface area contributed by atoms with Gasteiger partial charge in [0.1, 0.15) is 17.7 Å². The third kappa shape index (κ3) is 4.54. The molecule has 0 aliphatic carbocycles. The van der Waals surface area contributed by atoms with Gasteiger partial charge in [0, 0.05) is 32.3 Å². The van der Waals surface area contributed by atoms with E-state index in [1.54, 1.807) is 18.2 Å². The number of hydrogen-bond acceptors (Lipinski definition) is 5. The van der Waals surface area contributed by atoms with Gasteiger partial charge in [-0.3, -0.25) is 9.59 Å². The van der Waals surface area contributed by atoms with Gasteiger partial charge in [0.15, 0.2) is 0 Å². The molecule has 4 rings (SSSR count). The fourth-order valence-electron chi connectivity index (χ4n) is 3.78. The predicted octanol–water partition coefficient (Wildman–Crippen LogP) is 2.67. The number of aryl methyl sites for hydroxylation is 1. The first-order valence-corrected chi connectivity index (χ1v) is 10.4. The van der Waals surface area contributed by atoms with Crippen molar-refractivity contribution in [3.8, 4) is 5.75 Å². The van der Waals surface area contributed by atoms with Crippen LogP contribution in [-0.4, -0.2) is 47.7 Å². The molecule has 2 heterocycles. The van der Waals surface area contributed by atoms with Gasteiger partial charge in [-0.15, -0.1) is 0 Å². The molecular weight excluding hydrogens is 396 g/mol. The number of benzene rings is 2. The van der Waals surface area contributed by atoms with Crippen molar-refractivity contribution in [2.45, 2.75) is 25.4 Å². The molecule has 2 N–H and O–H groups in total. The third-order valence-corrected chi connectivity index (χ3v) is 5.45. The number of rotatable bonds is 7. The number of nitrogens with one attached hydrogen (secondary N) is 2. The second-order valence-electron chi connectivity index (χ2n) is 7.49. The summed E-state index contributed by atoms with van der Waals surface area (Å²) in [5.74, 6) is 1.07. The van der Waals surface area contributed by atoms with Crippen molar-refractivity contribution in [1.29, 1.82) is 0 Å². The van der Waals surface area contributed by atoms with Crippen molar-refractivity contribution in [3.05, 3.63) is 53.9 Å². The number of amides is 2. The number of carbonyl (C=O) groups is 2. The SMILES string of the molecule is COc1ccccc1C(=O)Nc1ccc2c(c1)nc(CCNC(=O)[C@@H]1CCCO1)n2C. The standard InChI is InChI=1S/C23H26N4O4/c1-27-18-10-9-15(25-22(28)16-6-3-4-7-19(16)30-2)14-17(18)26-21(27)11-12-24-23(29)20-8-5-13-31-20/h3-4,6-7,9-10,14,20H,5,8,11-13H2,1-2H3,(H,24,29)(H,25,28)/t20-/m0/s1. The van der Waals surface area contributed by atoms with E-state index in [4.69, 9.17) is 9.47 Å². The summed E-state index contributed by atoms with van der Waals surface area (Å²) in [6.07, 6.45) is 1.99. The molecule has 1 fully saturated rings. The second-order valence-corrected chi connectivity index (χ2v) is 7.49. The predicted molar refractivity (Wildman–Crippen MR) is 117 cm³/mol. The Morgan fingerprint density at radius 3 is 2.87 bits per heavy atom. The van der Waals surface area contributed by atoms with Gasteiger partial charge in [-0.1, -0.05) is 12.1 Å². The monoisotopic (exact) mass is 422 g/mol. The maximum Gasteiger partial charge on any atom is 0.259 e. The van der Waals surface area contributed by atoms with Crippen LogP contribution in [0.2, 0.25) is 0 Å². The lowest BCUT2D eigenvalue weighted by Gasteiger charge is -2.10. The molecule has 31 heavy (non-hydrogen) atoms. The van der Waals surface area contributed by atoms with Crippen molar-refractivity contribution < 1.29 is 19.1 Å². The second kappa shape index (κ2) is 9.18. The summed E-state index contributed by atoms with van der Waals surface area (Å²) in [6.45, 7) is 1.14. The lowest BCUT2D eigenvalue weighted by Crippen LogP contribution is -2.35. The minimum atomic E-state index is -0.324. The molecule has 1 aliphatic rings. The molecule has 0 unspecified atom stereocenters. The number of hydrogen-bond donors (Lipinski definition) is 2. The van der Waals surface area contributed by atoms with Crippen molar-refractivity contribution in [3.63, 3.8) is 0 Å². The molecular formula is C23H26N4O4. The number of anilines is 1. The number of methoxy groups -OCH3 is 1. The summed E-state index contributed by atoms with van der Waals surface area (Å²) in [5.41, 5.74) is 2.85. The Hall–Kier alpha value is -3.39. The van der Waals surface area contributed by atoms with Crippen LogP contribution in [0.4, 0.5) is 5.69 Å². The fraction of sp³-hybridized carbons (Fsp3) is 0.348. The molecule has 1 saturated heterocycles. The average Bonchev–Trinajstić information content (AvgIpc) is 3.42. The number of ether oxygens (including phenoxy) is 2. The number of nitrogens with zero attached hydrogens (tertiary/aromatic N) is 2. The van der Waals surface area contributed by atoms with Crippen LogP contribution in [0.5, 0.6) is 5.75 Å². The zero-order valence-electron chi connectivity index (χ0n) is 17.7. The zero-order valence-corrected chi connectivity index (χ0v) is 17.7. The van der Waals surface area contributed by atoms with Crippen molar-refractivity contribution in [1.82, 2.24) is 14.9 Å². The Labute approximate surface area is 180 Å². The first-order valence-electron chi connectivity index (χ1n) is 10.4. The molecule has 2 aromatic carbocycles. The number of aromatic nitrogens is 2. The molecule has 0 spiro atoms. The van der Waals surface area contributed by atoms with Crippen LogP contribution in [0.15, 0.2) is 42.5 Å². The first-order chi connectivity index (χ1) is 15.1. The van der Waals surface area contributed by atoms with E-state index in [2.05, 4.69) is 15.6 Å². The Morgan fingerprint density at radius 1 is 1.26 bits per heavy atom. The molecule has 0 radical (unpaired) electrons. The van der Waals surface area contributed by atoms with E-state index in [0.717, 1.165) is 29.7 Å². The van der Waals surface area contributed by atoms with Gasteiger partial charge in [-0.25, -0.2) is 4.98 Å². The number of fused-ring (bicyclic) bond motifs is 1. The van der Waals surface area contributed by atoms with Crippen molar-refractivity contribution >= 4 is 28.5 Å². The van der Waals surface area contributed by atoms with Gasteiger partial charge < -0.3 is 24.7 Å².